The van der Waals surface area contributed by atoms with Crippen LogP contribution in [0.2, 0.25) is 0 Å². The second kappa shape index (κ2) is 7.29. The van der Waals surface area contributed by atoms with Gasteiger partial charge in [0.15, 0.2) is 0 Å². The average Bonchev–Trinajstić information content (AvgIpc) is 1.96. The lowest BCUT2D eigenvalue weighted by Gasteiger charge is -2.39. The molecular formula is C9H22O3PS4+. The molecule has 17 heavy (non-hydrogen) atoms. The molecule has 3 N–H and O–H groups in total. The maximum atomic E-state index is 9.81. The first-order valence-corrected chi connectivity index (χ1v) is 11.0. The fourth-order valence-electron chi connectivity index (χ4n) is 1.75. The summed E-state index contributed by atoms with van der Waals surface area (Å²) in [6.45, 7) is 5.52. The Morgan fingerprint density at radius 1 is 1.18 bits per heavy atom. The van der Waals surface area contributed by atoms with Gasteiger partial charge in [-0.1, -0.05) is 26.1 Å². The van der Waals surface area contributed by atoms with E-state index in [1.165, 1.54) is 0 Å². The highest BCUT2D eigenvalue weighted by molar-refractivity contribution is 8.78. The average molecular weight is 338 g/mol. The zero-order valence-corrected chi connectivity index (χ0v) is 14.6. The first kappa shape index (κ1) is 18.4. The molecule has 8 heteroatoms. The Balaban J connectivity index is 5.28. The van der Waals surface area contributed by atoms with Crippen LogP contribution < -0.4 is 0 Å². The molecule has 0 spiro atoms. The van der Waals surface area contributed by atoms with Gasteiger partial charge in [-0.15, -0.1) is 0 Å². The van der Waals surface area contributed by atoms with Crippen molar-refractivity contribution in [2.45, 2.75) is 31.3 Å². The van der Waals surface area contributed by atoms with Gasteiger partial charge < -0.3 is 0 Å². The van der Waals surface area contributed by atoms with Gasteiger partial charge in [0.2, 0.25) is 0 Å². The SMILES string of the molecule is CC(=S)CS(CC(C)S)(CC(C)S)[P+](O)(O)O. The number of rotatable bonds is 7. The van der Waals surface area contributed by atoms with Crippen LogP contribution in [0.25, 0.3) is 0 Å². The van der Waals surface area contributed by atoms with Crippen LogP contribution in [0.15, 0.2) is 0 Å². The fourth-order valence-corrected chi connectivity index (χ4v) is 12.2. The predicted octanol–water partition coefficient (Wildman–Crippen LogP) is 2.47. The van der Waals surface area contributed by atoms with Crippen molar-refractivity contribution in [2.24, 2.45) is 0 Å². The molecule has 3 nitrogen and oxygen atoms in total. The van der Waals surface area contributed by atoms with Crippen molar-refractivity contribution in [2.75, 3.05) is 17.3 Å². The van der Waals surface area contributed by atoms with E-state index in [4.69, 9.17) is 12.2 Å². The van der Waals surface area contributed by atoms with E-state index in [1.807, 2.05) is 13.8 Å². The third-order valence-electron chi connectivity index (χ3n) is 2.09. The van der Waals surface area contributed by atoms with Crippen LogP contribution in [0.4, 0.5) is 0 Å². The van der Waals surface area contributed by atoms with E-state index < -0.39 is 16.8 Å². The predicted molar refractivity (Wildman–Crippen MR) is 90.9 cm³/mol. The molecule has 0 aliphatic heterocycles. The second-order valence-electron chi connectivity index (χ2n) is 4.39. The van der Waals surface area contributed by atoms with Gasteiger partial charge in [-0.3, -0.25) is 0 Å². The van der Waals surface area contributed by atoms with Gasteiger partial charge in [0.1, 0.15) is 0 Å². The van der Waals surface area contributed by atoms with Gasteiger partial charge in [0.25, 0.3) is 0 Å². The minimum atomic E-state index is -3.92. The maximum Gasteiger partial charge on any atom is 0.449 e. The molecule has 0 saturated heterocycles. The minimum Gasteiger partial charge on any atom is -0.185 e. The molecule has 2 unspecified atom stereocenters. The van der Waals surface area contributed by atoms with E-state index in [-0.39, 0.29) is 10.5 Å². The van der Waals surface area contributed by atoms with Crippen LogP contribution in [0, 0.1) is 0 Å². The molecule has 0 saturated carbocycles. The highest BCUT2D eigenvalue weighted by Crippen LogP contribution is 2.82. The van der Waals surface area contributed by atoms with Crippen LogP contribution in [-0.2, 0) is 0 Å². The summed E-state index contributed by atoms with van der Waals surface area (Å²) in [6, 6.07) is 0. The molecule has 0 rings (SSSR count). The van der Waals surface area contributed by atoms with E-state index in [0.717, 1.165) is 0 Å². The molecule has 0 aromatic heterocycles. The Morgan fingerprint density at radius 2 is 1.53 bits per heavy atom. The van der Waals surface area contributed by atoms with E-state index in [1.54, 1.807) is 6.92 Å². The molecule has 0 radical (unpaired) electrons. The molecule has 2 atom stereocenters. The Kier molecular flexibility index (Phi) is 7.91. The van der Waals surface area contributed by atoms with Crippen LogP contribution in [-0.4, -0.2) is 47.3 Å². The molecule has 0 bridgehead atoms. The highest BCUT2D eigenvalue weighted by Gasteiger charge is 2.54. The first-order chi connectivity index (χ1) is 7.50. The molecule has 0 aromatic carbocycles. The topological polar surface area (TPSA) is 60.7 Å². The van der Waals surface area contributed by atoms with Gasteiger partial charge in [0.05, 0.1) is 0 Å². The van der Waals surface area contributed by atoms with Crippen LogP contribution in [0.1, 0.15) is 20.8 Å². The largest absolute Gasteiger partial charge is 0.449 e. The number of hydrogen-bond acceptors (Lipinski definition) is 6. The van der Waals surface area contributed by atoms with Gasteiger partial charge >= 0.3 is 7.15 Å². The standard InChI is InChI=1S/C9H21O3PS4/c1-7(14)4-17(5-8(2)15,6-9(3)16)13(10,11)12/h7-8,10-12H,4-6H2,1-3H3,(H-,14,15)/p+1. The molecule has 104 valence electrons. The molecule has 0 aliphatic carbocycles. The minimum absolute atomic E-state index is 0.0164. The number of thiol groups is 2. The quantitative estimate of drug-likeness (QED) is 0.281. The first-order valence-electron chi connectivity index (χ1n) is 5.19. The molecule has 0 amide bonds. The van der Waals surface area contributed by atoms with Gasteiger partial charge in [0, 0.05) is 32.6 Å². The Labute approximate surface area is 122 Å². The molecule has 0 aliphatic rings. The summed E-state index contributed by atoms with van der Waals surface area (Å²) < 4.78 is 0. The Bertz CT molecular complexity index is 255. The van der Waals surface area contributed by atoms with E-state index in [0.29, 0.717) is 22.1 Å². The second-order valence-corrected chi connectivity index (χ2v) is 14.6. The van der Waals surface area contributed by atoms with Crippen molar-refractivity contribution < 1.29 is 14.7 Å². The highest BCUT2D eigenvalue weighted by atomic mass is 32.8. The summed E-state index contributed by atoms with van der Waals surface area (Å²) in [5, 5.41) is -0.0329. The van der Waals surface area contributed by atoms with Crippen LogP contribution in [0.5, 0.6) is 0 Å². The summed E-state index contributed by atoms with van der Waals surface area (Å²) in [5.41, 5.74) is 0. The third-order valence-corrected chi connectivity index (χ3v) is 11.9. The van der Waals surface area contributed by atoms with Crippen molar-refractivity contribution in [3.8, 4) is 0 Å². The lowest BCUT2D eigenvalue weighted by molar-refractivity contribution is 0.356. The monoisotopic (exact) mass is 337 g/mol. The van der Waals surface area contributed by atoms with Gasteiger partial charge in [-0.05, 0) is 16.6 Å². The molecule has 0 aromatic rings. The van der Waals surface area contributed by atoms with Gasteiger partial charge in [-0.2, -0.15) is 39.9 Å². The summed E-state index contributed by atoms with van der Waals surface area (Å²) in [7, 11) is -5.95. The summed E-state index contributed by atoms with van der Waals surface area (Å²) in [6.07, 6.45) is 0. The lowest BCUT2D eigenvalue weighted by atomic mass is 10.5. The Morgan fingerprint density at radius 3 is 1.71 bits per heavy atom. The number of thiocarbonyl (C=S) groups is 1. The fraction of sp³-hybridized carbons (Fsp3) is 0.889. The normalized spacial score (nSPS) is 21.4. The van der Waals surface area contributed by atoms with Crippen molar-refractivity contribution in [1.29, 1.82) is 0 Å². The van der Waals surface area contributed by atoms with Crippen LogP contribution >= 0.6 is 54.3 Å². The lowest BCUT2D eigenvalue weighted by Crippen LogP contribution is -2.26. The smallest absolute Gasteiger partial charge is 0.185 e. The van der Waals surface area contributed by atoms with Gasteiger partial charge in [-0.25, -0.2) is 0 Å². The molecule has 0 heterocycles. The van der Waals surface area contributed by atoms with Crippen LogP contribution in [0.3, 0.4) is 0 Å². The third kappa shape index (κ3) is 6.43. The zero-order chi connectivity index (χ0) is 13.9. The van der Waals surface area contributed by atoms with Crippen molar-refractivity contribution in [3.63, 3.8) is 0 Å². The zero-order valence-electron chi connectivity index (χ0n) is 10.3. The van der Waals surface area contributed by atoms with E-state index in [2.05, 4.69) is 25.3 Å². The van der Waals surface area contributed by atoms with Crippen molar-refractivity contribution in [1.82, 2.24) is 0 Å². The van der Waals surface area contributed by atoms with E-state index in [9.17, 15) is 14.7 Å². The summed E-state index contributed by atoms with van der Waals surface area (Å²) in [5.74, 6) is 1.34. The Hall–Kier alpha value is 1.45. The van der Waals surface area contributed by atoms with Crippen molar-refractivity contribution >= 4 is 59.1 Å². The van der Waals surface area contributed by atoms with E-state index >= 15 is 0 Å². The summed E-state index contributed by atoms with van der Waals surface area (Å²) >= 11 is 13.7. The molecular weight excluding hydrogens is 315 g/mol. The maximum absolute atomic E-state index is 9.81. The number of hydrogen-bond donors (Lipinski definition) is 5. The molecule has 0 fully saturated rings. The van der Waals surface area contributed by atoms with Crippen molar-refractivity contribution in [3.05, 3.63) is 0 Å². The summed E-state index contributed by atoms with van der Waals surface area (Å²) in [4.78, 5) is 30.1.